The minimum atomic E-state index is -0.408. The number of hydrogen-bond donors (Lipinski definition) is 2. The maximum atomic E-state index is 12.9. The molecule has 38 heavy (non-hydrogen) atoms. The van der Waals surface area contributed by atoms with Crippen LogP contribution in [0.2, 0.25) is 0 Å². The second-order valence-electron chi connectivity index (χ2n) is 8.48. The van der Waals surface area contributed by atoms with Crippen molar-refractivity contribution in [3.63, 3.8) is 0 Å². The van der Waals surface area contributed by atoms with Crippen molar-refractivity contribution in [2.75, 3.05) is 5.73 Å². The normalized spacial score (nSPS) is 11.0. The number of thiophene rings is 1. The zero-order valence-corrected chi connectivity index (χ0v) is 22.8. The first kappa shape index (κ1) is 25.2. The highest BCUT2D eigenvalue weighted by atomic mass is 79.9. The summed E-state index contributed by atoms with van der Waals surface area (Å²) in [5.74, 6) is -0.408. The third kappa shape index (κ3) is 4.90. The van der Waals surface area contributed by atoms with E-state index in [1.54, 1.807) is 13.1 Å². The van der Waals surface area contributed by atoms with Crippen LogP contribution in [0.15, 0.2) is 101 Å². The van der Waals surface area contributed by atoms with Crippen LogP contribution in [-0.4, -0.2) is 16.7 Å². The predicted octanol–water partition coefficient (Wildman–Crippen LogP) is 7.16. The summed E-state index contributed by atoms with van der Waals surface area (Å²) in [6, 6.07) is 32.5. The Morgan fingerprint density at radius 3 is 2.26 bits per heavy atom. The fourth-order valence-corrected chi connectivity index (χ4v) is 5.48. The van der Waals surface area contributed by atoms with Crippen LogP contribution in [-0.2, 0) is 0 Å². The van der Waals surface area contributed by atoms with Crippen molar-refractivity contribution in [3.8, 4) is 34.3 Å². The maximum absolute atomic E-state index is 12.9. The Bertz CT molecular complexity index is 1680. The van der Waals surface area contributed by atoms with E-state index in [-0.39, 0.29) is 0 Å². The summed E-state index contributed by atoms with van der Waals surface area (Å²) in [5, 5.41) is 13.9. The molecule has 0 aliphatic rings. The van der Waals surface area contributed by atoms with Gasteiger partial charge < -0.3 is 10.3 Å². The molecule has 0 spiro atoms. The summed E-state index contributed by atoms with van der Waals surface area (Å²) in [4.78, 5) is 13.2. The topological polar surface area (TPSA) is 96.2 Å². The molecule has 0 fully saturated rings. The number of nitrogens with zero attached hydrogens (tertiary/aromatic N) is 3. The molecule has 0 unspecified atom stereocenters. The number of nitrogens with two attached hydrogens (primary N) is 1. The molecule has 0 saturated heterocycles. The van der Waals surface area contributed by atoms with Crippen LogP contribution >= 0.6 is 27.3 Å². The Morgan fingerprint density at radius 2 is 1.66 bits per heavy atom. The van der Waals surface area contributed by atoms with E-state index in [9.17, 15) is 10.1 Å². The number of amides is 1. The van der Waals surface area contributed by atoms with Crippen LogP contribution < -0.4 is 11.2 Å². The molecular weight excluding hydrogens is 558 g/mol. The van der Waals surface area contributed by atoms with E-state index in [1.807, 2.05) is 48.5 Å². The Hall–Kier alpha value is -4.45. The second kappa shape index (κ2) is 10.9. The first-order chi connectivity index (χ1) is 18.5. The Labute approximate surface area is 232 Å². The molecule has 1 amide bonds. The maximum Gasteiger partial charge on any atom is 0.281 e. The lowest BCUT2D eigenvalue weighted by Gasteiger charge is -2.15. The van der Waals surface area contributed by atoms with Crippen LogP contribution in [0.3, 0.4) is 0 Å². The van der Waals surface area contributed by atoms with Gasteiger partial charge in [-0.25, -0.2) is 5.43 Å². The zero-order chi connectivity index (χ0) is 26.6. The van der Waals surface area contributed by atoms with Crippen molar-refractivity contribution >= 4 is 44.4 Å². The number of carbonyl (C=O) groups is 1. The number of halogens is 1. The summed E-state index contributed by atoms with van der Waals surface area (Å²) in [5.41, 5.74) is 15.2. The third-order valence-corrected chi connectivity index (χ3v) is 7.74. The zero-order valence-electron chi connectivity index (χ0n) is 20.4. The van der Waals surface area contributed by atoms with Crippen LogP contribution in [0.5, 0.6) is 0 Å². The highest BCUT2D eigenvalue weighted by Crippen LogP contribution is 2.36. The number of nitriles is 1. The molecule has 0 atom stereocenters. The standard InChI is InChI=1S/C30H22BrN5OS/c1-19-25(17-32)29(33)38-28(19)30(37)35-34-18-22-16-26(20-8-4-2-5-9-20)36(24-14-12-23(31)13-15-24)27(22)21-10-6-3-7-11-21/h2-16,18H,33H2,1H3,(H,35,37). The van der Waals surface area contributed by atoms with Gasteiger partial charge in [0.15, 0.2) is 0 Å². The number of rotatable bonds is 6. The average molecular weight is 581 g/mol. The smallest absolute Gasteiger partial charge is 0.281 e. The summed E-state index contributed by atoms with van der Waals surface area (Å²) >= 11 is 4.62. The molecule has 8 heteroatoms. The van der Waals surface area contributed by atoms with Gasteiger partial charge >= 0.3 is 0 Å². The third-order valence-electron chi connectivity index (χ3n) is 6.09. The molecule has 3 N–H and O–H groups in total. The van der Waals surface area contributed by atoms with E-state index >= 15 is 0 Å². The molecule has 0 saturated carbocycles. The van der Waals surface area contributed by atoms with Gasteiger partial charge in [-0.05, 0) is 53.9 Å². The Balaban J connectivity index is 1.62. The fourth-order valence-electron chi connectivity index (χ4n) is 4.30. The quantitative estimate of drug-likeness (QED) is 0.165. The van der Waals surface area contributed by atoms with Crippen LogP contribution in [0.1, 0.15) is 26.4 Å². The van der Waals surface area contributed by atoms with Crippen molar-refractivity contribution in [2.24, 2.45) is 5.10 Å². The molecule has 5 rings (SSSR count). The van der Waals surface area contributed by atoms with Gasteiger partial charge in [0.2, 0.25) is 0 Å². The Morgan fingerprint density at radius 1 is 1.03 bits per heavy atom. The first-order valence-corrected chi connectivity index (χ1v) is 13.3. The van der Waals surface area contributed by atoms with Crippen molar-refractivity contribution in [3.05, 3.63) is 117 Å². The van der Waals surface area contributed by atoms with Crippen LogP contribution in [0, 0.1) is 18.3 Å². The van der Waals surface area contributed by atoms with E-state index < -0.39 is 5.91 Å². The second-order valence-corrected chi connectivity index (χ2v) is 10.5. The van der Waals surface area contributed by atoms with Gasteiger partial charge in [0.1, 0.15) is 15.9 Å². The highest BCUT2D eigenvalue weighted by molar-refractivity contribution is 9.10. The first-order valence-electron chi connectivity index (χ1n) is 11.7. The molecule has 0 bridgehead atoms. The van der Waals surface area contributed by atoms with Crippen molar-refractivity contribution in [2.45, 2.75) is 6.92 Å². The number of nitrogen functional groups attached to an aromatic ring is 1. The van der Waals surface area contributed by atoms with Crippen molar-refractivity contribution in [1.82, 2.24) is 9.99 Å². The minimum Gasteiger partial charge on any atom is -0.389 e. The number of carbonyl (C=O) groups excluding carboxylic acids is 1. The van der Waals surface area contributed by atoms with E-state index in [0.717, 1.165) is 49.6 Å². The summed E-state index contributed by atoms with van der Waals surface area (Å²) in [7, 11) is 0. The monoisotopic (exact) mass is 579 g/mol. The summed E-state index contributed by atoms with van der Waals surface area (Å²) in [6.45, 7) is 1.71. The van der Waals surface area contributed by atoms with Crippen LogP contribution in [0.4, 0.5) is 5.00 Å². The number of hydrazone groups is 1. The lowest BCUT2D eigenvalue weighted by molar-refractivity contribution is 0.0958. The van der Waals surface area contributed by atoms with E-state index in [1.165, 1.54) is 0 Å². The van der Waals surface area contributed by atoms with E-state index in [0.29, 0.717) is 21.0 Å². The Kier molecular flexibility index (Phi) is 7.22. The molecule has 2 aromatic heterocycles. The van der Waals surface area contributed by atoms with Gasteiger partial charge in [0.25, 0.3) is 5.91 Å². The molecule has 6 nitrogen and oxygen atoms in total. The molecule has 186 valence electrons. The van der Waals surface area contributed by atoms with E-state index in [4.69, 9.17) is 5.73 Å². The number of nitrogens with one attached hydrogen (secondary N) is 1. The molecule has 0 radical (unpaired) electrons. The number of aromatic nitrogens is 1. The molecule has 0 aliphatic heterocycles. The number of benzene rings is 3. The number of hydrogen-bond acceptors (Lipinski definition) is 5. The van der Waals surface area contributed by atoms with Gasteiger partial charge in [-0.3, -0.25) is 4.79 Å². The lowest BCUT2D eigenvalue weighted by atomic mass is 10.1. The van der Waals surface area contributed by atoms with Gasteiger partial charge in [0, 0.05) is 15.7 Å². The predicted molar refractivity (Wildman–Crippen MR) is 158 cm³/mol. The van der Waals surface area contributed by atoms with Gasteiger partial charge in [0.05, 0.1) is 23.2 Å². The fraction of sp³-hybridized carbons (Fsp3) is 0.0333. The van der Waals surface area contributed by atoms with Crippen molar-refractivity contribution in [1.29, 1.82) is 5.26 Å². The molecule has 3 aromatic carbocycles. The average Bonchev–Trinajstić information content (AvgIpc) is 3.46. The number of anilines is 1. The molecular formula is C30H22BrN5OS. The SMILES string of the molecule is Cc1c(C(=O)NN=Cc2cc(-c3ccccc3)n(-c3ccc(Br)cc3)c2-c2ccccc2)sc(N)c1C#N. The molecule has 0 aliphatic carbocycles. The molecule has 5 aromatic rings. The van der Waals surface area contributed by atoms with Crippen LogP contribution in [0.25, 0.3) is 28.2 Å². The van der Waals surface area contributed by atoms with E-state index in [2.05, 4.69) is 79.6 Å². The largest absolute Gasteiger partial charge is 0.389 e. The van der Waals surface area contributed by atoms with Gasteiger partial charge in [-0.2, -0.15) is 10.4 Å². The van der Waals surface area contributed by atoms with Crippen molar-refractivity contribution < 1.29 is 4.79 Å². The van der Waals surface area contributed by atoms with Gasteiger partial charge in [-0.1, -0.05) is 76.6 Å². The lowest BCUT2D eigenvalue weighted by Crippen LogP contribution is -2.17. The highest BCUT2D eigenvalue weighted by Gasteiger charge is 2.20. The molecule has 2 heterocycles. The summed E-state index contributed by atoms with van der Waals surface area (Å²) in [6.07, 6.45) is 1.65. The minimum absolute atomic E-state index is 0.324. The van der Waals surface area contributed by atoms with Gasteiger partial charge in [-0.15, -0.1) is 11.3 Å². The summed E-state index contributed by atoms with van der Waals surface area (Å²) < 4.78 is 3.19.